The van der Waals surface area contributed by atoms with Crippen LogP contribution in [-0.4, -0.2) is 43.6 Å². The number of amides is 1. The second kappa shape index (κ2) is 11.7. The molecule has 1 fully saturated rings. The third-order valence-electron chi connectivity index (χ3n) is 6.10. The Balaban J connectivity index is 1.26. The zero-order valence-corrected chi connectivity index (χ0v) is 19.7. The molecular formula is C28H32FN3O2. The maximum Gasteiger partial charge on any atom is 0.255 e. The second-order valence-electron chi connectivity index (χ2n) is 8.58. The van der Waals surface area contributed by atoms with Crippen LogP contribution < -0.4 is 15.0 Å². The van der Waals surface area contributed by atoms with E-state index in [2.05, 4.69) is 22.0 Å². The molecule has 1 aliphatic rings. The number of nitrogens with zero attached hydrogens (tertiary/aromatic N) is 2. The molecule has 178 valence electrons. The van der Waals surface area contributed by atoms with E-state index < -0.39 is 0 Å². The lowest BCUT2D eigenvalue weighted by Gasteiger charge is -2.36. The van der Waals surface area contributed by atoms with Gasteiger partial charge in [0.25, 0.3) is 5.91 Å². The van der Waals surface area contributed by atoms with Gasteiger partial charge in [-0.1, -0.05) is 31.5 Å². The standard InChI is InChI=1S/C28H32FN3O2/c1-2-3-20-34-26-14-8-22(9-15-26)28(33)30-24-10-12-25(13-11-24)32-18-16-31(17-19-32)21-23-6-4-5-7-27(23)29/h4-15H,2-3,16-21H2,1H3,(H,30,33). The first-order valence-electron chi connectivity index (χ1n) is 12.0. The van der Waals surface area contributed by atoms with Gasteiger partial charge in [0.05, 0.1) is 6.61 Å². The molecule has 0 unspecified atom stereocenters. The summed E-state index contributed by atoms with van der Waals surface area (Å²) in [5, 5.41) is 2.96. The lowest BCUT2D eigenvalue weighted by molar-refractivity contribution is 0.102. The molecule has 1 heterocycles. The second-order valence-corrected chi connectivity index (χ2v) is 8.58. The first-order valence-corrected chi connectivity index (χ1v) is 12.0. The molecule has 6 heteroatoms. The van der Waals surface area contributed by atoms with Crippen LogP contribution in [0.25, 0.3) is 0 Å². The third-order valence-corrected chi connectivity index (χ3v) is 6.10. The highest BCUT2D eigenvalue weighted by Gasteiger charge is 2.18. The van der Waals surface area contributed by atoms with Gasteiger partial charge in [0.1, 0.15) is 11.6 Å². The first-order chi connectivity index (χ1) is 16.6. The van der Waals surface area contributed by atoms with Crippen LogP contribution in [0.1, 0.15) is 35.7 Å². The molecule has 0 aromatic heterocycles. The smallest absolute Gasteiger partial charge is 0.255 e. The molecule has 0 spiro atoms. The van der Waals surface area contributed by atoms with Gasteiger partial charge in [-0.15, -0.1) is 0 Å². The maximum atomic E-state index is 13.9. The van der Waals surface area contributed by atoms with Crippen LogP contribution in [0.5, 0.6) is 5.75 Å². The minimum Gasteiger partial charge on any atom is -0.494 e. The number of carbonyl (C=O) groups is 1. The first kappa shape index (κ1) is 23.8. The fourth-order valence-electron chi connectivity index (χ4n) is 4.03. The average Bonchev–Trinajstić information content (AvgIpc) is 2.87. The minimum atomic E-state index is -0.144. The number of nitrogens with one attached hydrogen (secondary N) is 1. The van der Waals surface area contributed by atoms with Crippen LogP contribution >= 0.6 is 0 Å². The zero-order valence-electron chi connectivity index (χ0n) is 19.7. The Labute approximate surface area is 201 Å². The van der Waals surface area contributed by atoms with E-state index in [0.29, 0.717) is 18.7 Å². The van der Waals surface area contributed by atoms with Crippen LogP contribution in [-0.2, 0) is 6.54 Å². The van der Waals surface area contributed by atoms with Crippen molar-refractivity contribution in [3.8, 4) is 5.75 Å². The highest BCUT2D eigenvalue weighted by molar-refractivity contribution is 6.04. The lowest BCUT2D eigenvalue weighted by Crippen LogP contribution is -2.46. The van der Waals surface area contributed by atoms with Crippen molar-refractivity contribution in [2.75, 3.05) is 43.0 Å². The molecule has 0 bridgehead atoms. The summed E-state index contributed by atoms with van der Waals surface area (Å²) in [6.45, 7) is 6.97. The van der Waals surface area contributed by atoms with Crippen molar-refractivity contribution in [2.24, 2.45) is 0 Å². The number of anilines is 2. The zero-order chi connectivity index (χ0) is 23.8. The monoisotopic (exact) mass is 461 g/mol. The van der Waals surface area contributed by atoms with Crippen molar-refractivity contribution >= 4 is 17.3 Å². The van der Waals surface area contributed by atoms with Crippen LogP contribution in [0.3, 0.4) is 0 Å². The number of piperazine rings is 1. The quantitative estimate of drug-likeness (QED) is 0.423. The van der Waals surface area contributed by atoms with E-state index in [4.69, 9.17) is 4.74 Å². The summed E-state index contributed by atoms with van der Waals surface area (Å²) in [4.78, 5) is 17.2. The number of hydrogen-bond acceptors (Lipinski definition) is 4. The summed E-state index contributed by atoms with van der Waals surface area (Å²) < 4.78 is 19.6. The van der Waals surface area contributed by atoms with Crippen molar-refractivity contribution < 1.29 is 13.9 Å². The van der Waals surface area contributed by atoms with Gasteiger partial charge < -0.3 is 15.0 Å². The molecule has 1 aliphatic heterocycles. The van der Waals surface area contributed by atoms with Crippen molar-refractivity contribution in [1.29, 1.82) is 0 Å². The summed E-state index contributed by atoms with van der Waals surface area (Å²) in [6, 6.07) is 22.1. The predicted molar refractivity (Wildman–Crippen MR) is 135 cm³/mol. The molecule has 1 N–H and O–H groups in total. The Morgan fingerprint density at radius 2 is 1.65 bits per heavy atom. The molecule has 0 saturated carbocycles. The summed E-state index contributed by atoms with van der Waals surface area (Å²) in [5.41, 5.74) is 3.22. The Hall–Kier alpha value is -3.38. The molecule has 3 aromatic rings. The van der Waals surface area contributed by atoms with Crippen LogP contribution in [0.2, 0.25) is 0 Å². The van der Waals surface area contributed by atoms with Gasteiger partial charge in [0, 0.05) is 55.2 Å². The van der Waals surface area contributed by atoms with Crippen molar-refractivity contribution in [3.05, 3.63) is 89.7 Å². The van der Waals surface area contributed by atoms with Gasteiger partial charge >= 0.3 is 0 Å². The van der Waals surface area contributed by atoms with E-state index in [0.717, 1.165) is 61.7 Å². The van der Waals surface area contributed by atoms with Gasteiger partial charge in [0.15, 0.2) is 0 Å². The van der Waals surface area contributed by atoms with Crippen molar-refractivity contribution in [2.45, 2.75) is 26.3 Å². The van der Waals surface area contributed by atoms with E-state index in [1.165, 1.54) is 6.07 Å². The van der Waals surface area contributed by atoms with Crippen LogP contribution in [0.4, 0.5) is 15.8 Å². The Kier molecular flexibility index (Phi) is 8.15. The molecule has 1 amide bonds. The van der Waals surface area contributed by atoms with Crippen LogP contribution in [0.15, 0.2) is 72.8 Å². The topological polar surface area (TPSA) is 44.8 Å². The highest BCUT2D eigenvalue weighted by Crippen LogP contribution is 2.21. The molecular weight excluding hydrogens is 429 g/mol. The highest BCUT2D eigenvalue weighted by atomic mass is 19.1. The molecule has 3 aromatic carbocycles. The molecule has 34 heavy (non-hydrogen) atoms. The number of halogens is 1. The number of ether oxygens (including phenoxy) is 1. The Morgan fingerprint density at radius 3 is 2.32 bits per heavy atom. The molecule has 4 rings (SSSR count). The van der Waals surface area contributed by atoms with Gasteiger partial charge in [-0.05, 0) is 61.0 Å². The van der Waals surface area contributed by atoms with E-state index in [1.54, 1.807) is 18.2 Å². The number of rotatable bonds is 9. The molecule has 0 aliphatic carbocycles. The van der Waals surface area contributed by atoms with Gasteiger partial charge in [-0.3, -0.25) is 9.69 Å². The van der Waals surface area contributed by atoms with E-state index in [9.17, 15) is 9.18 Å². The molecule has 1 saturated heterocycles. The SMILES string of the molecule is CCCCOc1ccc(C(=O)Nc2ccc(N3CCN(Cc4ccccc4F)CC3)cc2)cc1. The number of benzene rings is 3. The summed E-state index contributed by atoms with van der Waals surface area (Å²) in [7, 11) is 0. The summed E-state index contributed by atoms with van der Waals surface area (Å²) in [6.07, 6.45) is 2.10. The fourth-order valence-corrected chi connectivity index (χ4v) is 4.03. The van der Waals surface area contributed by atoms with E-state index >= 15 is 0 Å². The van der Waals surface area contributed by atoms with Crippen LogP contribution in [0, 0.1) is 5.82 Å². The largest absolute Gasteiger partial charge is 0.494 e. The fraction of sp³-hybridized carbons (Fsp3) is 0.321. The molecule has 0 radical (unpaired) electrons. The van der Waals surface area contributed by atoms with E-state index in [1.807, 2.05) is 48.5 Å². The summed E-state index contributed by atoms with van der Waals surface area (Å²) in [5.74, 6) is 0.497. The summed E-state index contributed by atoms with van der Waals surface area (Å²) >= 11 is 0. The minimum absolute atomic E-state index is 0.140. The maximum absolute atomic E-state index is 13.9. The van der Waals surface area contributed by atoms with Crippen molar-refractivity contribution in [1.82, 2.24) is 4.90 Å². The predicted octanol–water partition coefficient (Wildman–Crippen LogP) is 5.58. The Bertz CT molecular complexity index is 1060. The van der Waals surface area contributed by atoms with Gasteiger partial charge in [0.2, 0.25) is 0 Å². The third kappa shape index (κ3) is 6.35. The number of unbranched alkanes of at least 4 members (excludes halogenated alkanes) is 1. The van der Waals surface area contributed by atoms with Crippen molar-refractivity contribution in [3.63, 3.8) is 0 Å². The lowest BCUT2D eigenvalue weighted by atomic mass is 10.1. The average molecular weight is 462 g/mol. The number of carbonyl (C=O) groups excluding carboxylic acids is 1. The van der Waals surface area contributed by atoms with Gasteiger partial charge in [-0.2, -0.15) is 0 Å². The molecule has 5 nitrogen and oxygen atoms in total. The normalized spacial score (nSPS) is 14.1. The van der Waals surface area contributed by atoms with Gasteiger partial charge in [-0.25, -0.2) is 4.39 Å². The Morgan fingerprint density at radius 1 is 0.941 bits per heavy atom. The van der Waals surface area contributed by atoms with E-state index in [-0.39, 0.29) is 11.7 Å². The molecule has 0 atom stereocenters. The number of hydrogen-bond donors (Lipinski definition) is 1.